The van der Waals surface area contributed by atoms with Gasteiger partial charge in [-0.05, 0) is 12.8 Å². The van der Waals surface area contributed by atoms with Crippen LogP contribution in [0.3, 0.4) is 0 Å². The van der Waals surface area contributed by atoms with Crippen LogP contribution in [-0.4, -0.2) is 25.9 Å². The van der Waals surface area contributed by atoms with E-state index in [4.69, 9.17) is 9.47 Å². The zero-order valence-corrected chi connectivity index (χ0v) is 7.67. The fourth-order valence-corrected chi connectivity index (χ4v) is 1.78. The normalized spacial score (nSPS) is 37.9. The van der Waals surface area contributed by atoms with Crippen molar-refractivity contribution in [3.63, 3.8) is 0 Å². The summed E-state index contributed by atoms with van der Waals surface area (Å²) < 4.78 is 11.0. The first-order chi connectivity index (χ1) is 5.33. The molecule has 0 aromatic heterocycles. The fourth-order valence-electron chi connectivity index (χ4n) is 1.78. The molecule has 66 valence electrons. The van der Waals surface area contributed by atoms with Gasteiger partial charge in [0, 0.05) is 13.0 Å². The summed E-state index contributed by atoms with van der Waals surface area (Å²) in [5, 5.41) is 0. The van der Waals surface area contributed by atoms with E-state index in [1.54, 1.807) is 7.11 Å². The van der Waals surface area contributed by atoms with E-state index < -0.39 is 0 Å². The van der Waals surface area contributed by atoms with Gasteiger partial charge in [-0.15, -0.1) is 0 Å². The van der Waals surface area contributed by atoms with E-state index in [0.29, 0.717) is 18.1 Å². The van der Waals surface area contributed by atoms with Gasteiger partial charge in [0.25, 0.3) is 0 Å². The smallest absolute Gasteiger partial charge is 0.0882 e. The molecule has 2 heteroatoms. The third-order valence-electron chi connectivity index (χ3n) is 2.55. The van der Waals surface area contributed by atoms with Gasteiger partial charge in [0.15, 0.2) is 0 Å². The Morgan fingerprint density at radius 2 is 2.09 bits per heavy atom. The zero-order chi connectivity index (χ0) is 8.27. The standard InChI is InChI=1S/C9H18O2/c1-4-7-6-11-8(5-2)9(7)10-3/h7-9H,4-6H2,1-3H3. The number of rotatable bonds is 3. The van der Waals surface area contributed by atoms with E-state index in [9.17, 15) is 0 Å². The maximum absolute atomic E-state index is 5.58. The van der Waals surface area contributed by atoms with Gasteiger partial charge in [0.2, 0.25) is 0 Å². The molecule has 11 heavy (non-hydrogen) atoms. The molecule has 0 aliphatic carbocycles. The lowest BCUT2D eigenvalue weighted by Crippen LogP contribution is -2.27. The third-order valence-corrected chi connectivity index (χ3v) is 2.55. The summed E-state index contributed by atoms with van der Waals surface area (Å²) in [5.74, 6) is 0.616. The molecule has 0 radical (unpaired) electrons. The fraction of sp³-hybridized carbons (Fsp3) is 1.00. The molecule has 3 unspecified atom stereocenters. The number of hydrogen-bond donors (Lipinski definition) is 0. The molecular weight excluding hydrogens is 140 g/mol. The summed E-state index contributed by atoms with van der Waals surface area (Å²) in [4.78, 5) is 0. The van der Waals surface area contributed by atoms with Crippen molar-refractivity contribution in [2.24, 2.45) is 5.92 Å². The lowest BCUT2D eigenvalue weighted by Gasteiger charge is -2.19. The first-order valence-corrected chi connectivity index (χ1v) is 4.47. The molecule has 1 fully saturated rings. The highest BCUT2D eigenvalue weighted by atomic mass is 16.5. The van der Waals surface area contributed by atoms with Crippen LogP contribution < -0.4 is 0 Å². The lowest BCUT2D eigenvalue weighted by molar-refractivity contribution is 0.00722. The van der Waals surface area contributed by atoms with E-state index in [-0.39, 0.29) is 0 Å². The highest BCUT2D eigenvalue weighted by Crippen LogP contribution is 2.26. The molecule has 0 amide bonds. The van der Waals surface area contributed by atoms with Crippen molar-refractivity contribution in [3.05, 3.63) is 0 Å². The summed E-state index contributed by atoms with van der Waals surface area (Å²) in [6, 6.07) is 0. The second-order valence-electron chi connectivity index (χ2n) is 3.15. The Morgan fingerprint density at radius 1 is 1.36 bits per heavy atom. The Labute approximate surface area is 68.9 Å². The molecule has 0 bridgehead atoms. The highest BCUT2D eigenvalue weighted by Gasteiger charge is 2.34. The molecule has 2 nitrogen and oxygen atoms in total. The van der Waals surface area contributed by atoms with E-state index in [1.165, 1.54) is 0 Å². The Bertz CT molecular complexity index is 102. The van der Waals surface area contributed by atoms with Crippen LogP contribution in [0.15, 0.2) is 0 Å². The summed E-state index contributed by atoms with van der Waals surface area (Å²) in [6.07, 6.45) is 2.90. The van der Waals surface area contributed by atoms with E-state index >= 15 is 0 Å². The van der Waals surface area contributed by atoms with E-state index in [1.807, 2.05) is 0 Å². The van der Waals surface area contributed by atoms with Gasteiger partial charge in [0.05, 0.1) is 18.8 Å². The summed E-state index contributed by atoms with van der Waals surface area (Å²) in [5.41, 5.74) is 0. The van der Waals surface area contributed by atoms with Gasteiger partial charge in [-0.3, -0.25) is 0 Å². The van der Waals surface area contributed by atoms with E-state index in [2.05, 4.69) is 13.8 Å². The maximum atomic E-state index is 5.58. The Hall–Kier alpha value is -0.0800. The summed E-state index contributed by atoms with van der Waals surface area (Å²) in [7, 11) is 1.78. The molecule has 0 aromatic carbocycles. The summed E-state index contributed by atoms with van der Waals surface area (Å²) >= 11 is 0. The van der Waals surface area contributed by atoms with Crippen molar-refractivity contribution in [1.82, 2.24) is 0 Å². The van der Waals surface area contributed by atoms with Crippen LogP contribution >= 0.6 is 0 Å². The van der Waals surface area contributed by atoms with Crippen molar-refractivity contribution in [2.75, 3.05) is 13.7 Å². The highest BCUT2D eigenvalue weighted by molar-refractivity contribution is 4.82. The third kappa shape index (κ3) is 1.74. The molecule has 1 rings (SSSR count). The maximum Gasteiger partial charge on any atom is 0.0882 e. The predicted octanol–water partition coefficient (Wildman–Crippen LogP) is 1.84. The molecule has 1 heterocycles. The average Bonchev–Trinajstić information content (AvgIpc) is 2.45. The first-order valence-electron chi connectivity index (χ1n) is 4.47. The molecular formula is C9H18O2. The van der Waals surface area contributed by atoms with Crippen molar-refractivity contribution in [2.45, 2.75) is 38.9 Å². The molecule has 0 aromatic rings. The van der Waals surface area contributed by atoms with Crippen LogP contribution in [0.4, 0.5) is 0 Å². The van der Waals surface area contributed by atoms with Gasteiger partial charge in [-0.25, -0.2) is 0 Å². The van der Waals surface area contributed by atoms with Gasteiger partial charge >= 0.3 is 0 Å². The van der Waals surface area contributed by atoms with Crippen LogP contribution in [0.2, 0.25) is 0 Å². The minimum atomic E-state index is 0.338. The van der Waals surface area contributed by atoms with Gasteiger partial charge in [-0.1, -0.05) is 13.8 Å². The van der Waals surface area contributed by atoms with Gasteiger partial charge in [-0.2, -0.15) is 0 Å². The molecule has 0 N–H and O–H groups in total. The zero-order valence-electron chi connectivity index (χ0n) is 7.67. The largest absolute Gasteiger partial charge is 0.378 e. The van der Waals surface area contributed by atoms with E-state index in [0.717, 1.165) is 19.4 Å². The Morgan fingerprint density at radius 3 is 2.55 bits per heavy atom. The lowest BCUT2D eigenvalue weighted by atomic mass is 9.98. The quantitative estimate of drug-likeness (QED) is 0.624. The number of methoxy groups -OCH3 is 1. The monoisotopic (exact) mass is 158 g/mol. The van der Waals surface area contributed by atoms with Crippen LogP contribution in [0.25, 0.3) is 0 Å². The van der Waals surface area contributed by atoms with Crippen LogP contribution in [0.1, 0.15) is 26.7 Å². The van der Waals surface area contributed by atoms with Gasteiger partial charge in [0.1, 0.15) is 0 Å². The number of hydrogen-bond acceptors (Lipinski definition) is 2. The van der Waals surface area contributed by atoms with Crippen molar-refractivity contribution >= 4 is 0 Å². The van der Waals surface area contributed by atoms with Crippen molar-refractivity contribution in [3.8, 4) is 0 Å². The SMILES string of the molecule is CCC1COC(CC)C1OC. The van der Waals surface area contributed by atoms with Crippen LogP contribution in [-0.2, 0) is 9.47 Å². The molecule has 1 aliphatic heterocycles. The topological polar surface area (TPSA) is 18.5 Å². The first kappa shape index (κ1) is 9.01. The number of ether oxygens (including phenoxy) is 2. The molecule has 1 saturated heterocycles. The van der Waals surface area contributed by atoms with Crippen LogP contribution in [0.5, 0.6) is 0 Å². The molecule has 0 spiro atoms. The molecule has 3 atom stereocenters. The minimum Gasteiger partial charge on any atom is -0.378 e. The Balaban J connectivity index is 2.48. The van der Waals surface area contributed by atoms with Gasteiger partial charge < -0.3 is 9.47 Å². The summed E-state index contributed by atoms with van der Waals surface area (Å²) in [6.45, 7) is 5.22. The molecule has 1 aliphatic rings. The minimum absolute atomic E-state index is 0.338. The Kier molecular flexibility index (Phi) is 3.34. The predicted molar refractivity (Wildman–Crippen MR) is 44.6 cm³/mol. The second-order valence-corrected chi connectivity index (χ2v) is 3.15. The van der Waals surface area contributed by atoms with Crippen molar-refractivity contribution in [1.29, 1.82) is 0 Å². The van der Waals surface area contributed by atoms with Crippen LogP contribution in [0, 0.1) is 5.92 Å². The average molecular weight is 158 g/mol. The van der Waals surface area contributed by atoms with Crippen molar-refractivity contribution < 1.29 is 9.47 Å². The second kappa shape index (κ2) is 4.07. The molecule has 0 saturated carbocycles.